The zero-order valence-corrected chi connectivity index (χ0v) is 22.3. The molecule has 1 aliphatic heterocycles. The summed E-state index contributed by atoms with van der Waals surface area (Å²) >= 11 is 0. The van der Waals surface area contributed by atoms with E-state index in [-0.39, 0.29) is 58.1 Å². The first-order valence-corrected chi connectivity index (χ1v) is 12.8. The molecule has 0 aliphatic carbocycles. The van der Waals surface area contributed by atoms with E-state index in [4.69, 9.17) is 9.47 Å². The van der Waals surface area contributed by atoms with Gasteiger partial charge >= 0.3 is 11.9 Å². The number of allylic oxidation sites excluding steroid dienone is 2. The monoisotopic (exact) mass is 554 g/mol. The fraction of sp³-hybridized carbons (Fsp3) is 0.161. The largest absolute Gasteiger partial charge is 0.461 e. The highest BCUT2D eigenvalue weighted by molar-refractivity contribution is 6.20. The third-order valence-corrected chi connectivity index (χ3v) is 6.32. The van der Waals surface area contributed by atoms with Crippen LogP contribution in [0.5, 0.6) is 0 Å². The van der Waals surface area contributed by atoms with E-state index in [2.05, 4.69) is 5.32 Å². The van der Waals surface area contributed by atoms with Gasteiger partial charge in [0.1, 0.15) is 11.4 Å². The molecule has 0 atom stereocenters. The van der Waals surface area contributed by atoms with Crippen molar-refractivity contribution in [1.82, 2.24) is 5.32 Å². The molecule has 3 aromatic rings. The average Bonchev–Trinajstić information content (AvgIpc) is 3.00. The third-order valence-electron chi connectivity index (χ3n) is 6.32. The Kier molecular flexibility index (Phi) is 8.83. The molecule has 0 radical (unpaired) electrons. The molecule has 1 N–H and O–H groups in total. The summed E-state index contributed by atoms with van der Waals surface area (Å²) in [5, 5.41) is 14.1. The van der Waals surface area contributed by atoms with Crippen LogP contribution >= 0.6 is 0 Å². The fourth-order valence-electron chi connectivity index (χ4n) is 4.52. The first-order valence-electron chi connectivity index (χ1n) is 12.8. The lowest BCUT2D eigenvalue weighted by molar-refractivity contribution is -0.384. The number of nitro benzene ring substituents is 1. The number of ether oxygens (including phenoxy) is 2. The lowest BCUT2D eigenvalue weighted by Crippen LogP contribution is -2.39. The molecule has 10 heteroatoms. The number of Topliss-reactive ketones (excluding diaryl/α,β-unsaturated/α-hetero) is 2. The summed E-state index contributed by atoms with van der Waals surface area (Å²) in [5.74, 6) is -4.36. The molecular weight excluding hydrogens is 528 g/mol. The van der Waals surface area contributed by atoms with Crippen molar-refractivity contribution >= 4 is 29.2 Å². The normalized spacial score (nSPS) is 13.3. The van der Waals surface area contributed by atoms with Gasteiger partial charge in [0.05, 0.1) is 18.1 Å². The molecule has 0 bridgehead atoms. The van der Waals surface area contributed by atoms with Gasteiger partial charge in [0, 0.05) is 40.3 Å². The number of hydrogen-bond donors (Lipinski definition) is 1. The molecule has 0 fully saturated rings. The van der Waals surface area contributed by atoms with Gasteiger partial charge in [-0.05, 0) is 19.4 Å². The number of nitrogens with one attached hydrogen (secondary N) is 1. The Morgan fingerprint density at radius 1 is 0.707 bits per heavy atom. The minimum atomic E-state index is -1.30. The lowest BCUT2D eigenvalue weighted by Gasteiger charge is -2.32. The Morgan fingerprint density at radius 2 is 1.12 bits per heavy atom. The molecule has 0 saturated heterocycles. The van der Waals surface area contributed by atoms with Crippen LogP contribution in [0.15, 0.2) is 107 Å². The van der Waals surface area contributed by atoms with Gasteiger partial charge in [0.2, 0.25) is 0 Å². The molecule has 3 aromatic carbocycles. The number of carbonyl (C=O) groups is 4. The minimum absolute atomic E-state index is 0.0344. The van der Waals surface area contributed by atoms with Gasteiger partial charge < -0.3 is 14.8 Å². The zero-order chi connectivity index (χ0) is 29.5. The van der Waals surface area contributed by atoms with Crippen molar-refractivity contribution < 1.29 is 33.6 Å². The van der Waals surface area contributed by atoms with E-state index in [0.29, 0.717) is 0 Å². The van der Waals surface area contributed by atoms with E-state index in [9.17, 15) is 29.3 Å². The number of ketones is 2. The minimum Gasteiger partial charge on any atom is -0.461 e. The predicted molar refractivity (Wildman–Crippen MR) is 148 cm³/mol. The first kappa shape index (κ1) is 28.6. The van der Waals surface area contributed by atoms with E-state index < -0.39 is 34.3 Å². The van der Waals surface area contributed by atoms with Crippen molar-refractivity contribution in [1.29, 1.82) is 0 Å². The maximum Gasteiger partial charge on any atom is 0.355 e. The molecule has 1 heterocycles. The zero-order valence-electron chi connectivity index (χ0n) is 22.3. The topological polar surface area (TPSA) is 142 Å². The molecule has 0 spiro atoms. The van der Waals surface area contributed by atoms with Crippen molar-refractivity contribution in [2.45, 2.75) is 19.8 Å². The predicted octanol–water partition coefficient (Wildman–Crippen LogP) is 4.68. The lowest BCUT2D eigenvalue weighted by atomic mass is 9.75. The van der Waals surface area contributed by atoms with Crippen LogP contribution in [0.3, 0.4) is 0 Å². The average molecular weight is 555 g/mol. The number of nitro groups is 1. The standard InChI is InChI=1S/C31H26N2O8/c1-3-40-30(36)26-24(28(34)20-11-7-5-8-12-20)23(19-15-17-22(18-16-19)33(38)39)25(27(32-26)31(37)41-4-2)29(35)21-13-9-6-10-14-21/h5-18,23,32H,3-4H2,1-2H3. The van der Waals surface area contributed by atoms with Crippen molar-refractivity contribution in [3.8, 4) is 0 Å². The van der Waals surface area contributed by atoms with Gasteiger partial charge in [-0.3, -0.25) is 19.7 Å². The first-order chi connectivity index (χ1) is 19.8. The molecular formula is C31H26N2O8. The molecule has 4 rings (SSSR count). The summed E-state index contributed by atoms with van der Waals surface area (Å²) < 4.78 is 10.5. The smallest absolute Gasteiger partial charge is 0.355 e. The Labute approximate surface area is 235 Å². The summed E-state index contributed by atoms with van der Waals surface area (Å²) in [6.07, 6.45) is 0. The summed E-state index contributed by atoms with van der Waals surface area (Å²) in [6, 6.07) is 21.4. The molecule has 0 saturated carbocycles. The second-order valence-electron chi connectivity index (χ2n) is 8.82. The van der Waals surface area contributed by atoms with Crippen molar-refractivity contribution in [3.63, 3.8) is 0 Å². The molecule has 0 aromatic heterocycles. The second-order valence-corrected chi connectivity index (χ2v) is 8.82. The van der Waals surface area contributed by atoms with Gasteiger partial charge in [-0.2, -0.15) is 0 Å². The van der Waals surface area contributed by atoms with Crippen molar-refractivity contribution in [3.05, 3.63) is 134 Å². The van der Waals surface area contributed by atoms with Gasteiger partial charge in [-0.15, -0.1) is 0 Å². The van der Waals surface area contributed by atoms with Crippen LogP contribution in [0.1, 0.15) is 46.0 Å². The van der Waals surface area contributed by atoms with Crippen LogP contribution in [0.25, 0.3) is 0 Å². The van der Waals surface area contributed by atoms with Gasteiger partial charge in [0.25, 0.3) is 5.69 Å². The maximum absolute atomic E-state index is 14.1. The third kappa shape index (κ3) is 5.96. The number of rotatable bonds is 10. The van der Waals surface area contributed by atoms with Crippen LogP contribution in [-0.2, 0) is 19.1 Å². The van der Waals surface area contributed by atoms with Gasteiger partial charge in [-0.25, -0.2) is 9.59 Å². The van der Waals surface area contributed by atoms with Crippen LogP contribution < -0.4 is 5.32 Å². The fourth-order valence-corrected chi connectivity index (χ4v) is 4.52. The highest BCUT2D eigenvalue weighted by atomic mass is 16.6. The summed E-state index contributed by atoms with van der Waals surface area (Å²) in [6.45, 7) is 3.10. The van der Waals surface area contributed by atoms with Crippen LogP contribution in [0.4, 0.5) is 5.69 Å². The Balaban J connectivity index is 2.08. The van der Waals surface area contributed by atoms with E-state index in [1.54, 1.807) is 74.5 Å². The number of carbonyl (C=O) groups excluding carboxylic acids is 4. The van der Waals surface area contributed by atoms with Crippen molar-refractivity contribution in [2.75, 3.05) is 13.2 Å². The Hall–Kier alpha value is -5.38. The Morgan fingerprint density at radius 3 is 1.49 bits per heavy atom. The number of esters is 2. The molecule has 0 amide bonds. The van der Waals surface area contributed by atoms with Crippen LogP contribution in [0.2, 0.25) is 0 Å². The van der Waals surface area contributed by atoms with Gasteiger partial charge in [0.15, 0.2) is 11.6 Å². The number of nitrogens with zero attached hydrogens (tertiary/aromatic N) is 1. The molecule has 1 aliphatic rings. The van der Waals surface area contributed by atoms with Crippen LogP contribution in [-0.4, -0.2) is 41.6 Å². The highest BCUT2D eigenvalue weighted by Crippen LogP contribution is 2.42. The molecule has 10 nitrogen and oxygen atoms in total. The SMILES string of the molecule is CCOC(=O)C1=C(C(=O)c2ccccc2)C(c2ccc([N+](=O)[O-])cc2)C(C(=O)c2ccccc2)=C(C(=O)OCC)N1. The quantitative estimate of drug-likeness (QED) is 0.164. The maximum atomic E-state index is 14.1. The van der Waals surface area contributed by atoms with E-state index in [1.807, 2.05) is 0 Å². The highest BCUT2D eigenvalue weighted by Gasteiger charge is 2.43. The number of non-ortho nitro benzene ring substituents is 1. The summed E-state index contributed by atoms with van der Waals surface area (Å²) in [5.41, 5.74) is -0.522. The van der Waals surface area contributed by atoms with E-state index >= 15 is 0 Å². The summed E-state index contributed by atoms with van der Waals surface area (Å²) in [7, 11) is 0. The van der Waals surface area contributed by atoms with E-state index in [1.165, 1.54) is 24.3 Å². The number of dihydropyridines is 1. The number of hydrogen-bond acceptors (Lipinski definition) is 9. The van der Waals surface area contributed by atoms with Crippen LogP contribution in [0, 0.1) is 10.1 Å². The van der Waals surface area contributed by atoms with E-state index in [0.717, 1.165) is 0 Å². The second kappa shape index (κ2) is 12.6. The Bertz CT molecular complexity index is 1470. The summed E-state index contributed by atoms with van der Waals surface area (Å²) in [4.78, 5) is 65.6. The van der Waals surface area contributed by atoms with Gasteiger partial charge in [-0.1, -0.05) is 72.8 Å². The number of benzene rings is 3. The molecule has 208 valence electrons. The van der Waals surface area contributed by atoms with Crippen molar-refractivity contribution in [2.24, 2.45) is 0 Å². The molecule has 41 heavy (non-hydrogen) atoms. The molecule has 0 unspecified atom stereocenters.